The summed E-state index contributed by atoms with van der Waals surface area (Å²) in [5, 5.41) is 10.6. The Balaban J connectivity index is 5.17. The van der Waals surface area contributed by atoms with Crippen molar-refractivity contribution in [2.45, 2.75) is 407 Å². The summed E-state index contributed by atoms with van der Waals surface area (Å²) in [4.78, 5) is 72.6. The molecule has 0 heterocycles. The number of phosphoric ester groups is 2. The molecular weight excluding hydrogens is 1230 g/mol. The Morgan fingerprint density at radius 2 is 0.489 bits per heavy atom. The van der Waals surface area contributed by atoms with Crippen LogP contribution in [0.2, 0.25) is 0 Å². The van der Waals surface area contributed by atoms with E-state index in [4.69, 9.17) is 37.0 Å². The van der Waals surface area contributed by atoms with Gasteiger partial charge in [-0.25, -0.2) is 9.13 Å². The predicted octanol–water partition coefficient (Wildman–Crippen LogP) is 21.9. The minimum absolute atomic E-state index is 0.104. The number of carbonyl (C=O) groups is 4. The molecule has 0 bridgehead atoms. The van der Waals surface area contributed by atoms with Gasteiger partial charge in [0.2, 0.25) is 0 Å². The first kappa shape index (κ1) is 92.1. The molecule has 5 atom stereocenters. The third-order valence-electron chi connectivity index (χ3n) is 17.5. The van der Waals surface area contributed by atoms with Crippen LogP contribution in [0.15, 0.2) is 0 Å². The van der Waals surface area contributed by atoms with E-state index in [0.29, 0.717) is 25.7 Å². The van der Waals surface area contributed by atoms with Crippen LogP contribution in [-0.4, -0.2) is 96.7 Å². The first-order valence-corrected chi connectivity index (χ1v) is 42.0. The SMILES string of the molecule is CCCCCCCCCCCCCCCCC(=O)OC[C@H](COP(=O)(O)OC[C@@H](O)COP(=O)(O)OC[C@@H](COC(=O)CCCCCCCCCC)OC(=O)CCCCCCCCCCC(C)C)OC(=O)CCCCCCCCCCCCCCCCCCCCC(C)C. The van der Waals surface area contributed by atoms with E-state index in [2.05, 4.69) is 41.5 Å². The van der Waals surface area contributed by atoms with Crippen LogP contribution in [0.1, 0.15) is 388 Å². The molecule has 0 fully saturated rings. The maximum atomic E-state index is 13.1. The summed E-state index contributed by atoms with van der Waals surface area (Å²) in [5.41, 5.74) is 0. The highest BCUT2D eigenvalue weighted by Crippen LogP contribution is 2.45. The number of phosphoric acid groups is 2. The van der Waals surface area contributed by atoms with Crippen LogP contribution >= 0.6 is 15.6 Å². The van der Waals surface area contributed by atoms with E-state index < -0.39 is 97.5 Å². The molecule has 0 amide bonds. The molecule has 0 radical (unpaired) electrons. The van der Waals surface area contributed by atoms with E-state index in [1.165, 1.54) is 199 Å². The van der Waals surface area contributed by atoms with Gasteiger partial charge in [-0.05, 0) is 37.5 Å². The fourth-order valence-electron chi connectivity index (χ4n) is 11.5. The van der Waals surface area contributed by atoms with E-state index in [0.717, 1.165) is 108 Å². The molecule has 0 aromatic rings. The first-order valence-electron chi connectivity index (χ1n) is 39.0. The average Bonchev–Trinajstić information content (AvgIpc) is 1.16. The number of unbranched alkanes of at least 4 members (excludes halogenated alkanes) is 44. The molecule has 0 aromatic heterocycles. The molecule has 0 saturated carbocycles. The second kappa shape index (κ2) is 66.9. The van der Waals surface area contributed by atoms with Gasteiger partial charge in [0.05, 0.1) is 26.4 Å². The molecule has 3 N–H and O–H groups in total. The molecule has 0 rings (SSSR count). The summed E-state index contributed by atoms with van der Waals surface area (Å²) < 4.78 is 68.4. The zero-order chi connectivity index (χ0) is 69.3. The number of aliphatic hydroxyl groups is 1. The van der Waals surface area contributed by atoms with Gasteiger partial charge in [-0.15, -0.1) is 0 Å². The van der Waals surface area contributed by atoms with E-state index in [1.807, 2.05) is 0 Å². The minimum Gasteiger partial charge on any atom is -0.462 e. The summed E-state index contributed by atoms with van der Waals surface area (Å²) in [6.45, 7) is 9.55. The maximum absolute atomic E-state index is 13.1. The molecule has 0 saturated heterocycles. The number of ether oxygens (including phenoxy) is 4. The lowest BCUT2D eigenvalue weighted by Crippen LogP contribution is -2.30. The zero-order valence-electron chi connectivity index (χ0n) is 61.3. The van der Waals surface area contributed by atoms with Gasteiger partial charge in [0, 0.05) is 25.7 Å². The lowest BCUT2D eigenvalue weighted by atomic mass is 10.0. The van der Waals surface area contributed by atoms with Crippen molar-refractivity contribution in [3.8, 4) is 0 Å². The third kappa shape index (κ3) is 68.6. The Kier molecular flexibility index (Phi) is 65.5. The largest absolute Gasteiger partial charge is 0.472 e. The van der Waals surface area contributed by atoms with Gasteiger partial charge < -0.3 is 33.8 Å². The van der Waals surface area contributed by atoms with Gasteiger partial charge in [0.1, 0.15) is 19.3 Å². The van der Waals surface area contributed by atoms with Gasteiger partial charge in [-0.2, -0.15) is 0 Å². The van der Waals surface area contributed by atoms with Gasteiger partial charge in [-0.3, -0.25) is 37.3 Å². The Bertz CT molecular complexity index is 1820. The number of aliphatic hydroxyl groups excluding tert-OH is 1. The lowest BCUT2D eigenvalue weighted by molar-refractivity contribution is -0.161. The van der Waals surface area contributed by atoms with Crippen molar-refractivity contribution in [1.29, 1.82) is 0 Å². The predicted molar refractivity (Wildman–Crippen MR) is 381 cm³/mol. The van der Waals surface area contributed by atoms with Crippen LogP contribution in [0.5, 0.6) is 0 Å². The summed E-state index contributed by atoms with van der Waals surface area (Å²) >= 11 is 0. The minimum atomic E-state index is -4.96. The number of rotatable bonds is 74. The van der Waals surface area contributed by atoms with Crippen LogP contribution < -0.4 is 0 Å². The topological polar surface area (TPSA) is 237 Å². The molecular formula is C75H146O17P2. The van der Waals surface area contributed by atoms with E-state index in [1.54, 1.807) is 0 Å². The standard InChI is InChI=1S/C75H146O17P2/c1-7-9-11-13-15-17-18-19-27-30-33-40-46-52-58-73(78)86-64-71(91-74(79)59-53-47-41-34-31-28-25-23-21-20-22-24-26-29-32-37-43-49-55-67(3)4)66-90-94(83,84)88-62-69(76)61-87-93(81,82)89-65-70(63-85-72(77)57-51-45-39-16-14-12-10-8-2)92-75(80)60-54-48-42-36-35-38-44-50-56-68(5)6/h67-71,76H,7-66H2,1-6H3,(H,81,82)(H,83,84)/t69-,70+,71+/m0/s1. The molecule has 0 spiro atoms. The lowest BCUT2D eigenvalue weighted by Gasteiger charge is -2.21. The highest BCUT2D eigenvalue weighted by molar-refractivity contribution is 7.47. The summed E-state index contributed by atoms with van der Waals surface area (Å²) in [7, 11) is -9.90. The first-order chi connectivity index (χ1) is 45.4. The monoisotopic (exact) mass is 1380 g/mol. The van der Waals surface area contributed by atoms with Crippen molar-refractivity contribution in [3.05, 3.63) is 0 Å². The number of hydrogen-bond donors (Lipinski definition) is 3. The molecule has 0 aromatic carbocycles. The van der Waals surface area contributed by atoms with E-state index in [-0.39, 0.29) is 25.7 Å². The van der Waals surface area contributed by atoms with Crippen LogP contribution in [0.4, 0.5) is 0 Å². The van der Waals surface area contributed by atoms with Crippen LogP contribution in [-0.2, 0) is 65.4 Å². The van der Waals surface area contributed by atoms with E-state index >= 15 is 0 Å². The van der Waals surface area contributed by atoms with Crippen molar-refractivity contribution >= 4 is 39.5 Å². The Morgan fingerprint density at radius 1 is 0.287 bits per heavy atom. The molecule has 94 heavy (non-hydrogen) atoms. The number of esters is 4. The van der Waals surface area contributed by atoms with Crippen molar-refractivity contribution in [3.63, 3.8) is 0 Å². The normalized spacial score (nSPS) is 14.0. The number of hydrogen-bond acceptors (Lipinski definition) is 15. The zero-order valence-corrected chi connectivity index (χ0v) is 63.1. The molecule has 0 aliphatic carbocycles. The maximum Gasteiger partial charge on any atom is 0.472 e. The third-order valence-corrected chi connectivity index (χ3v) is 19.4. The van der Waals surface area contributed by atoms with Crippen molar-refractivity contribution < 1.29 is 80.2 Å². The number of carbonyl (C=O) groups excluding carboxylic acids is 4. The summed E-state index contributed by atoms with van der Waals surface area (Å²) in [5.74, 6) is -0.582. The van der Waals surface area contributed by atoms with Crippen LogP contribution in [0, 0.1) is 11.8 Å². The quantitative estimate of drug-likeness (QED) is 0.0222. The van der Waals surface area contributed by atoms with Gasteiger partial charge in [-0.1, -0.05) is 337 Å². The van der Waals surface area contributed by atoms with Crippen molar-refractivity contribution in [2.75, 3.05) is 39.6 Å². The molecule has 558 valence electrons. The Labute approximate surface area is 575 Å². The van der Waals surface area contributed by atoms with Crippen molar-refractivity contribution in [1.82, 2.24) is 0 Å². The second-order valence-corrected chi connectivity index (χ2v) is 30.9. The molecule has 2 unspecified atom stereocenters. The van der Waals surface area contributed by atoms with Gasteiger partial charge in [0.15, 0.2) is 12.2 Å². The van der Waals surface area contributed by atoms with Crippen LogP contribution in [0.25, 0.3) is 0 Å². The smallest absolute Gasteiger partial charge is 0.462 e. The van der Waals surface area contributed by atoms with Gasteiger partial charge >= 0.3 is 39.5 Å². The molecule has 0 aliphatic rings. The Hall–Kier alpha value is -1.94. The fraction of sp³-hybridized carbons (Fsp3) is 0.947. The molecule has 17 nitrogen and oxygen atoms in total. The molecule has 0 aliphatic heterocycles. The fourth-order valence-corrected chi connectivity index (χ4v) is 13.1. The summed E-state index contributed by atoms with van der Waals surface area (Å²) in [6.07, 6.45) is 54.3. The average molecular weight is 1380 g/mol. The summed E-state index contributed by atoms with van der Waals surface area (Å²) in [6, 6.07) is 0. The highest BCUT2D eigenvalue weighted by atomic mass is 31.2. The second-order valence-electron chi connectivity index (χ2n) is 28.0. The Morgan fingerprint density at radius 3 is 0.723 bits per heavy atom. The van der Waals surface area contributed by atoms with Crippen molar-refractivity contribution in [2.24, 2.45) is 11.8 Å². The highest BCUT2D eigenvalue weighted by Gasteiger charge is 2.30. The van der Waals surface area contributed by atoms with Crippen LogP contribution in [0.3, 0.4) is 0 Å². The van der Waals surface area contributed by atoms with Gasteiger partial charge in [0.25, 0.3) is 0 Å². The molecule has 19 heteroatoms. The van der Waals surface area contributed by atoms with E-state index in [9.17, 15) is 43.2 Å².